The summed E-state index contributed by atoms with van der Waals surface area (Å²) in [4.78, 5) is 37.8. The van der Waals surface area contributed by atoms with Crippen LogP contribution in [0.25, 0.3) is 11.1 Å². The molecule has 1 aliphatic heterocycles. The summed E-state index contributed by atoms with van der Waals surface area (Å²) in [5, 5.41) is 35.6. The molecule has 3 rings (SSSR count). The number of hydrogen-bond acceptors (Lipinski definition) is 8. The number of amides is 3. The molecular weight excluding hydrogens is 442 g/mol. The van der Waals surface area contributed by atoms with Crippen molar-refractivity contribution in [1.29, 1.82) is 0 Å². The molecule has 0 aliphatic carbocycles. The lowest BCUT2D eigenvalue weighted by molar-refractivity contribution is -0.132. The summed E-state index contributed by atoms with van der Waals surface area (Å²) < 4.78 is 0. The molecule has 34 heavy (non-hydrogen) atoms. The van der Waals surface area contributed by atoms with Crippen LogP contribution in [0, 0.1) is 0 Å². The third-order valence-corrected chi connectivity index (χ3v) is 5.77. The highest BCUT2D eigenvalue weighted by molar-refractivity contribution is 5.93. The SMILES string of the molecule is NC[C@H](O)C[C@@H]1NC(=O)[C@@H](N)Cc2cc(ccc2O)-c2ccc(O)c(c2)C[C@@H](C(N)=O)NC1=O. The number of aromatic hydroxyl groups is 2. The zero-order valence-corrected chi connectivity index (χ0v) is 18.4. The summed E-state index contributed by atoms with van der Waals surface area (Å²) in [6.45, 7) is -0.160. The van der Waals surface area contributed by atoms with Gasteiger partial charge in [0, 0.05) is 25.8 Å². The molecule has 0 radical (unpaired) electrons. The monoisotopic (exact) mass is 471 g/mol. The van der Waals surface area contributed by atoms with E-state index in [1.807, 2.05) is 0 Å². The third kappa shape index (κ3) is 5.81. The zero-order chi connectivity index (χ0) is 25.0. The van der Waals surface area contributed by atoms with Crippen molar-refractivity contribution in [3.05, 3.63) is 47.5 Å². The number of aliphatic hydroxyl groups excluding tert-OH is 1. The first kappa shape index (κ1) is 25.0. The number of primary amides is 1. The Balaban J connectivity index is 2.09. The average Bonchev–Trinajstić information content (AvgIpc) is 2.79. The number of phenols is 2. The van der Waals surface area contributed by atoms with Gasteiger partial charge in [-0.3, -0.25) is 14.4 Å². The van der Waals surface area contributed by atoms with Gasteiger partial charge in [0.1, 0.15) is 23.6 Å². The van der Waals surface area contributed by atoms with Crippen molar-refractivity contribution in [2.45, 2.75) is 43.5 Å². The van der Waals surface area contributed by atoms with Gasteiger partial charge in [0.25, 0.3) is 0 Å². The summed E-state index contributed by atoms with van der Waals surface area (Å²) in [6, 6.07) is 5.96. The Morgan fingerprint density at radius 2 is 1.53 bits per heavy atom. The zero-order valence-electron chi connectivity index (χ0n) is 18.4. The number of nitrogens with two attached hydrogens (primary N) is 3. The van der Waals surface area contributed by atoms with E-state index in [9.17, 15) is 29.7 Å². The van der Waals surface area contributed by atoms with Crippen LogP contribution >= 0.6 is 0 Å². The van der Waals surface area contributed by atoms with Crippen LogP contribution in [0.1, 0.15) is 17.5 Å². The number of fused-ring (bicyclic) bond motifs is 5. The number of hydrogen-bond donors (Lipinski definition) is 8. The second-order valence-electron chi connectivity index (χ2n) is 8.35. The Morgan fingerprint density at radius 3 is 2.06 bits per heavy atom. The van der Waals surface area contributed by atoms with Crippen molar-refractivity contribution in [3.63, 3.8) is 0 Å². The molecule has 11 nitrogen and oxygen atoms in total. The van der Waals surface area contributed by atoms with Crippen LogP contribution in [0.15, 0.2) is 36.4 Å². The van der Waals surface area contributed by atoms with Gasteiger partial charge in [0.15, 0.2) is 0 Å². The second-order valence-corrected chi connectivity index (χ2v) is 8.35. The smallest absolute Gasteiger partial charge is 0.243 e. The predicted octanol–water partition coefficient (Wildman–Crippen LogP) is -1.64. The van der Waals surface area contributed by atoms with Gasteiger partial charge in [-0.05, 0) is 46.5 Å². The maximum absolute atomic E-state index is 13.0. The molecule has 0 fully saturated rings. The quantitative estimate of drug-likeness (QED) is 0.258. The Bertz CT molecular complexity index is 1090. The minimum atomic E-state index is -1.26. The lowest BCUT2D eigenvalue weighted by Gasteiger charge is -2.24. The Hall–Kier alpha value is -3.67. The Kier molecular flexibility index (Phi) is 7.72. The molecule has 1 heterocycles. The molecule has 11 heteroatoms. The number of benzene rings is 2. The standard InChI is InChI=1S/C23H29N5O6/c24-10-15(29)9-18-23(34)27-17(21(26)32)8-14-6-12(2-4-20(14)31)11-1-3-19(30)13(5-11)7-16(25)22(33)28-18/h1-6,15-18,29-31H,7-10,24-25H2,(H2,26,32)(H,27,34)(H,28,33)/t15-,16+,17+,18+/m1/s1. The normalized spacial score (nSPS) is 22.0. The molecule has 0 spiro atoms. The topological polar surface area (TPSA) is 214 Å². The minimum absolute atomic E-state index is 0.0336. The average molecular weight is 472 g/mol. The molecular formula is C23H29N5O6. The molecule has 4 atom stereocenters. The molecule has 4 bridgehead atoms. The molecule has 2 aromatic rings. The van der Waals surface area contributed by atoms with E-state index in [-0.39, 0.29) is 37.3 Å². The van der Waals surface area contributed by atoms with Gasteiger partial charge in [-0.2, -0.15) is 0 Å². The van der Waals surface area contributed by atoms with Gasteiger partial charge in [-0.15, -0.1) is 0 Å². The highest BCUT2D eigenvalue weighted by Crippen LogP contribution is 2.30. The molecule has 0 aromatic heterocycles. The number of carbonyl (C=O) groups is 3. The maximum atomic E-state index is 13.0. The maximum Gasteiger partial charge on any atom is 0.243 e. The number of rotatable bonds is 4. The molecule has 0 saturated heterocycles. The van der Waals surface area contributed by atoms with Crippen molar-refractivity contribution < 1.29 is 29.7 Å². The van der Waals surface area contributed by atoms with E-state index in [4.69, 9.17) is 17.2 Å². The van der Waals surface area contributed by atoms with Crippen molar-refractivity contribution in [2.75, 3.05) is 6.54 Å². The summed E-state index contributed by atoms with van der Waals surface area (Å²) in [6.07, 6.45) is -1.49. The van der Waals surface area contributed by atoms with Crippen LogP contribution in [0.5, 0.6) is 11.5 Å². The van der Waals surface area contributed by atoms with Crippen LogP contribution in [-0.4, -0.2) is 63.8 Å². The van der Waals surface area contributed by atoms with Gasteiger partial charge in [-0.25, -0.2) is 0 Å². The predicted molar refractivity (Wildman–Crippen MR) is 123 cm³/mol. The van der Waals surface area contributed by atoms with Gasteiger partial charge < -0.3 is 43.2 Å². The van der Waals surface area contributed by atoms with Crippen LogP contribution in [0.2, 0.25) is 0 Å². The number of phenolic OH excluding ortho intramolecular Hbond substituents is 2. The Morgan fingerprint density at radius 1 is 0.971 bits per heavy atom. The van der Waals surface area contributed by atoms with E-state index >= 15 is 0 Å². The molecule has 2 aromatic carbocycles. The minimum Gasteiger partial charge on any atom is -0.508 e. The van der Waals surface area contributed by atoms with E-state index in [0.717, 1.165) is 0 Å². The first-order valence-electron chi connectivity index (χ1n) is 10.8. The first-order chi connectivity index (χ1) is 16.1. The molecule has 11 N–H and O–H groups in total. The van der Waals surface area contributed by atoms with Crippen LogP contribution in [0.4, 0.5) is 0 Å². The number of aliphatic hydroxyl groups is 1. The molecule has 0 saturated carbocycles. The summed E-state index contributed by atoms with van der Waals surface area (Å²) in [7, 11) is 0. The van der Waals surface area contributed by atoms with Gasteiger partial charge in [0.2, 0.25) is 17.7 Å². The molecule has 1 aliphatic rings. The molecule has 0 unspecified atom stereocenters. The van der Waals surface area contributed by atoms with Gasteiger partial charge in [0.05, 0.1) is 12.1 Å². The van der Waals surface area contributed by atoms with E-state index in [1.54, 1.807) is 24.3 Å². The number of carbonyl (C=O) groups excluding carboxylic acids is 3. The second kappa shape index (κ2) is 10.5. The van der Waals surface area contributed by atoms with E-state index < -0.39 is 42.0 Å². The van der Waals surface area contributed by atoms with Crippen LogP contribution in [-0.2, 0) is 27.2 Å². The summed E-state index contributed by atoms with van der Waals surface area (Å²) in [5.74, 6) is -2.48. The van der Waals surface area contributed by atoms with E-state index in [2.05, 4.69) is 10.6 Å². The van der Waals surface area contributed by atoms with Crippen molar-refractivity contribution in [1.82, 2.24) is 10.6 Å². The fraction of sp³-hybridized carbons (Fsp3) is 0.348. The Labute approximate surface area is 195 Å². The van der Waals surface area contributed by atoms with E-state index in [1.165, 1.54) is 12.1 Å². The third-order valence-electron chi connectivity index (χ3n) is 5.77. The lowest BCUT2D eigenvalue weighted by Crippen LogP contribution is -2.57. The highest BCUT2D eigenvalue weighted by atomic mass is 16.3. The molecule has 3 amide bonds. The van der Waals surface area contributed by atoms with Crippen LogP contribution in [0.3, 0.4) is 0 Å². The fourth-order valence-corrected chi connectivity index (χ4v) is 3.78. The number of nitrogens with one attached hydrogen (secondary N) is 2. The highest BCUT2D eigenvalue weighted by Gasteiger charge is 2.30. The van der Waals surface area contributed by atoms with Gasteiger partial charge in [-0.1, -0.05) is 12.1 Å². The lowest BCUT2D eigenvalue weighted by atomic mass is 9.95. The van der Waals surface area contributed by atoms with E-state index in [0.29, 0.717) is 22.3 Å². The summed E-state index contributed by atoms with van der Waals surface area (Å²) in [5.41, 5.74) is 19.1. The van der Waals surface area contributed by atoms with Gasteiger partial charge >= 0.3 is 0 Å². The van der Waals surface area contributed by atoms with Crippen molar-refractivity contribution in [3.8, 4) is 22.6 Å². The first-order valence-corrected chi connectivity index (χ1v) is 10.8. The molecule has 182 valence electrons. The largest absolute Gasteiger partial charge is 0.508 e. The fourth-order valence-electron chi connectivity index (χ4n) is 3.78. The van der Waals surface area contributed by atoms with Crippen molar-refractivity contribution in [2.24, 2.45) is 17.2 Å². The van der Waals surface area contributed by atoms with Crippen molar-refractivity contribution >= 4 is 17.7 Å². The summed E-state index contributed by atoms with van der Waals surface area (Å²) >= 11 is 0. The van der Waals surface area contributed by atoms with Crippen LogP contribution < -0.4 is 27.8 Å².